The largest absolute Gasteiger partial charge is 0.483 e. The molecule has 0 aromatic carbocycles. The highest BCUT2D eigenvalue weighted by atomic mass is 16.6. The summed E-state index contributed by atoms with van der Waals surface area (Å²) in [5.41, 5.74) is -2.49. The third kappa shape index (κ3) is 2.30. The quantitative estimate of drug-likeness (QED) is 0.515. The Morgan fingerprint density at radius 2 is 1.85 bits per heavy atom. The molecule has 3 heterocycles. The van der Waals surface area contributed by atoms with Gasteiger partial charge < -0.3 is 19.7 Å². The molecule has 3 fully saturated rings. The average Bonchev–Trinajstić information content (AvgIpc) is 2.89. The first kappa shape index (κ1) is 18.6. The molecule has 0 amide bonds. The minimum Gasteiger partial charge on any atom is -0.483 e. The lowest BCUT2D eigenvalue weighted by atomic mass is 9.57. The van der Waals surface area contributed by atoms with Gasteiger partial charge in [-0.25, -0.2) is 4.79 Å². The summed E-state index contributed by atoms with van der Waals surface area (Å²) in [5.74, 6) is -2.65. The van der Waals surface area contributed by atoms with E-state index in [1.54, 1.807) is 20.8 Å². The van der Waals surface area contributed by atoms with E-state index in [4.69, 9.17) is 9.47 Å². The average molecular weight is 378 g/mol. The lowest BCUT2D eigenvalue weighted by molar-refractivity contribution is -0.280. The highest BCUT2D eigenvalue weighted by molar-refractivity contribution is 6.20. The lowest BCUT2D eigenvalue weighted by Crippen LogP contribution is -2.70. The molecule has 0 aromatic heterocycles. The molecule has 2 aliphatic carbocycles. The van der Waals surface area contributed by atoms with Gasteiger partial charge in [-0.15, -0.1) is 0 Å². The van der Waals surface area contributed by atoms with E-state index in [0.717, 1.165) is 0 Å². The van der Waals surface area contributed by atoms with E-state index in [-0.39, 0.29) is 48.3 Å². The molecule has 1 saturated carbocycles. The third-order valence-electron chi connectivity index (χ3n) is 7.21. The minimum atomic E-state index is -1.28. The molecule has 0 aromatic rings. The van der Waals surface area contributed by atoms with Crippen molar-refractivity contribution in [3.05, 3.63) is 11.3 Å². The van der Waals surface area contributed by atoms with Crippen molar-refractivity contribution < 1.29 is 34.1 Å². The second-order valence-corrected chi connectivity index (χ2v) is 8.81. The van der Waals surface area contributed by atoms with Gasteiger partial charge in [-0.1, -0.05) is 13.8 Å². The maximum Gasteiger partial charge on any atom is 0.346 e. The Morgan fingerprint density at radius 1 is 1.15 bits per heavy atom. The fourth-order valence-electron chi connectivity index (χ4n) is 5.47. The van der Waals surface area contributed by atoms with Crippen LogP contribution in [0.1, 0.15) is 46.5 Å². The fourth-order valence-corrected chi connectivity index (χ4v) is 5.47. The van der Waals surface area contributed by atoms with Crippen LogP contribution in [-0.2, 0) is 23.9 Å². The van der Waals surface area contributed by atoms with Crippen molar-refractivity contribution in [1.29, 1.82) is 0 Å². The molecular weight excluding hydrogens is 352 g/mol. The Morgan fingerprint density at radius 3 is 2.52 bits per heavy atom. The van der Waals surface area contributed by atoms with E-state index in [0.29, 0.717) is 12.8 Å². The van der Waals surface area contributed by atoms with Crippen molar-refractivity contribution in [2.24, 2.45) is 23.7 Å². The summed E-state index contributed by atoms with van der Waals surface area (Å²) in [6, 6.07) is 0. The Labute approximate surface area is 157 Å². The van der Waals surface area contributed by atoms with Crippen LogP contribution in [0.25, 0.3) is 0 Å². The maximum absolute atomic E-state index is 13.0. The van der Waals surface area contributed by atoms with Gasteiger partial charge in [-0.3, -0.25) is 9.59 Å². The number of fused-ring (bicyclic) bond motifs is 1. The van der Waals surface area contributed by atoms with Crippen LogP contribution in [0, 0.1) is 23.7 Å². The van der Waals surface area contributed by atoms with Gasteiger partial charge in [0.25, 0.3) is 0 Å². The van der Waals surface area contributed by atoms with Gasteiger partial charge in [0, 0.05) is 43.1 Å². The van der Waals surface area contributed by atoms with E-state index in [1.807, 2.05) is 0 Å². The number of esters is 1. The first-order valence-electron chi connectivity index (χ1n) is 9.68. The minimum absolute atomic E-state index is 0.0418. The molecule has 27 heavy (non-hydrogen) atoms. The third-order valence-corrected chi connectivity index (χ3v) is 7.21. The zero-order chi connectivity index (χ0) is 19.7. The van der Waals surface area contributed by atoms with Crippen LogP contribution >= 0.6 is 0 Å². The normalized spacial score (nSPS) is 46.9. The predicted octanol–water partition coefficient (Wildman–Crippen LogP) is 0.909. The van der Waals surface area contributed by atoms with Crippen LogP contribution in [0.3, 0.4) is 0 Å². The monoisotopic (exact) mass is 378 g/mol. The second kappa shape index (κ2) is 5.88. The Kier molecular flexibility index (Phi) is 4.06. The smallest absolute Gasteiger partial charge is 0.346 e. The Bertz CT molecular complexity index is 755. The first-order chi connectivity index (χ1) is 12.7. The molecule has 7 atom stereocenters. The molecule has 5 bridgehead atoms. The van der Waals surface area contributed by atoms with Gasteiger partial charge in [-0.05, 0) is 19.8 Å². The van der Waals surface area contributed by atoms with Crippen LogP contribution < -0.4 is 0 Å². The molecule has 3 aliphatic heterocycles. The number of carbonyl (C=O) groups is 3. The summed E-state index contributed by atoms with van der Waals surface area (Å²) < 4.78 is 11.8. The number of hydrogen-bond acceptors (Lipinski definition) is 7. The number of hydrogen-bond donors (Lipinski definition) is 2. The van der Waals surface area contributed by atoms with Gasteiger partial charge in [0.1, 0.15) is 23.1 Å². The van der Waals surface area contributed by atoms with Gasteiger partial charge in [0.15, 0.2) is 17.1 Å². The van der Waals surface area contributed by atoms with Crippen LogP contribution in [0.15, 0.2) is 11.3 Å². The molecule has 5 aliphatic rings. The van der Waals surface area contributed by atoms with Crippen molar-refractivity contribution in [1.82, 2.24) is 0 Å². The van der Waals surface area contributed by atoms with Crippen LogP contribution in [0.2, 0.25) is 0 Å². The van der Waals surface area contributed by atoms with Gasteiger partial charge >= 0.3 is 5.97 Å². The van der Waals surface area contributed by atoms with E-state index in [1.165, 1.54) is 0 Å². The summed E-state index contributed by atoms with van der Waals surface area (Å²) in [6.07, 6.45) is 0.200. The molecule has 2 saturated heterocycles. The Hall–Kier alpha value is -1.73. The van der Waals surface area contributed by atoms with E-state index in [2.05, 4.69) is 0 Å². The Balaban J connectivity index is 1.90. The van der Waals surface area contributed by atoms with E-state index in [9.17, 15) is 24.6 Å². The zero-order valence-electron chi connectivity index (χ0n) is 15.9. The van der Waals surface area contributed by atoms with Crippen molar-refractivity contribution >= 4 is 17.5 Å². The highest BCUT2D eigenvalue weighted by Gasteiger charge is 2.72. The number of rotatable bonds is 1. The van der Waals surface area contributed by atoms with Crippen LogP contribution in [0.4, 0.5) is 0 Å². The molecule has 0 unspecified atom stereocenters. The topological polar surface area (TPSA) is 110 Å². The van der Waals surface area contributed by atoms with Crippen molar-refractivity contribution in [2.75, 3.05) is 6.61 Å². The summed E-state index contributed by atoms with van der Waals surface area (Å²) in [6.45, 7) is 4.97. The summed E-state index contributed by atoms with van der Waals surface area (Å²) >= 11 is 0. The molecule has 7 nitrogen and oxygen atoms in total. The van der Waals surface area contributed by atoms with Crippen LogP contribution in [0.5, 0.6) is 0 Å². The molecule has 5 rings (SSSR count). The van der Waals surface area contributed by atoms with Crippen molar-refractivity contribution in [2.45, 2.75) is 63.8 Å². The number of carbonyl (C=O) groups excluding carboxylic acids is 3. The number of aliphatic hydroxyl groups excluding tert-OH is 2. The highest BCUT2D eigenvalue weighted by Crippen LogP contribution is 2.61. The van der Waals surface area contributed by atoms with Crippen molar-refractivity contribution in [3.63, 3.8) is 0 Å². The zero-order valence-corrected chi connectivity index (χ0v) is 15.9. The molecule has 0 radical (unpaired) electrons. The standard InChI is InChI=1S/C20H26O7/c1-9-6-10(2)15(23)14-17-20(27-18(14)25)7-11(8-21)19(3,26-17)16(24)12(20)4-5-13(9)22/h9-12,16,21,24H,4-8H2,1-3H3/t9-,10+,11-,12+,16-,19-,20+/m1/s1. The fraction of sp³-hybridized carbons (Fsp3) is 0.750. The number of aliphatic hydroxyl groups is 2. The number of Topliss-reactive ketones (excluding diaryl/α,β-unsaturated/α-hetero) is 2. The van der Waals surface area contributed by atoms with Crippen LogP contribution in [-0.4, -0.2) is 51.7 Å². The number of ether oxygens (including phenoxy) is 2. The van der Waals surface area contributed by atoms with Crippen molar-refractivity contribution in [3.8, 4) is 0 Å². The van der Waals surface area contributed by atoms with Gasteiger partial charge in [-0.2, -0.15) is 0 Å². The molecule has 148 valence electrons. The molecular formula is C20H26O7. The number of ketones is 2. The first-order valence-corrected chi connectivity index (χ1v) is 9.68. The summed E-state index contributed by atoms with van der Waals surface area (Å²) in [5, 5.41) is 20.9. The van der Waals surface area contributed by atoms with E-state index < -0.39 is 41.0 Å². The molecule has 1 spiro atoms. The van der Waals surface area contributed by atoms with E-state index >= 15 is 0 Å². The molecule has 7 heteroatoms. The van der Waals surface area contributed by atoms with Gasteiger partial charge in [0.2, 0.25) is 0 Å². The molecule has 2 N–H and O–H groups in total. The maximum atomic E-state index is 13.0. The lowest BCUT2D eigenvalue weighted by Gasteiger charge is -2.60. The van der Waals surface area contributed by atoms with Gasteiger partial charge in [0.05, 0.1) is 0 Å². The SMILES string of the molecule is C[C@@H]1C[C@H](C)C(=O)C2=C3O[C@]4(C)[C@@H](CO)C[C@]3(OC2=O)[C@@H](CCC1=O)[C@H]4O. The summed E-state index contributed by atoms with van der Waals surface area (Å²) in [7, 11) is 0. The predicted molar refractivity (Wildman–Crippen MR) is 92.2 cm³/mol. The summed E-state index contributed by atoms with van der Waals surface area (Å²) in [4.78, 5) is 38.3. The second-order valence-electron chi connectivity index (χ2n) is 8.81.